The summed E-state index contributed by atoms with van der Waals surface area (Å²) in [5.41, 5.74) is 6.83. The van der Waals surface area contributed by atoms with E-state index in [2.05, 4.69) is 80.2 Å². The molecule has 4 heterocycles. The van der Waals surface area contributed by atoms with Crippen LogP contribution in [0.5, 0.6) is 0 Å². The standard InChI is InChI=1S/C28H28N6/c1-3-23(29-13-1)27-31-16-25(33-27)18-7-5-17(6-8-18)19-9-11-21-20(15-19)10-12-22-26(21)34-28(32-22)24-4-2-14-30-24/h5-12,15-16,23-24,29-30H,1-4,13-14H2,(H,31,33)(H,32,34)/t23-,24-/m0/s1. The molecule has 0 radical (unpaired) electrons. The summed E-state index contributed by atoms with van der Waals surface area (Å²) in [6.45, 7) is 2.15. The molecule has 0 spiro atoms. The Hall–Kier alpha value is -3.48. The van der Waals surface area contributed by atoms with Crippen molar-refractivity contribution in [3.8, 4) is 22.4 Å². The molecule has 2 aromatic heterocycles. The van der Waals surface area contributed by atoms with Gasteiger partial charge in [0.2, 0.25) is 0 Å². The first-order valence-corrected chi connectivity index (χ1v) is 12.4. The van der Waals surface area contributed by atoms with Gasteiger partial charge in [0, 0.05) is 5.39 Å². The van der Waals surface area contributed by atoms with Gasteiger partial charge >= 0.3 is 0 Å². The van der Waals surface area contributed by atoms with Gasteiger partial charge in [0.15, 0.2) is 0 Å². The minimum absolute atomic E-state index is 0.348. The molecular formula is C28H28N6. The van der Waals surface area contributed by atoms with Crippen molar-refractivity contribution >= 4 is 21.8 Å². The molecule has 0 unspecified atom stereocenters. The fourth-order valence-electron chi connectivity index (χ4n) is 5.50. The SMILES string of the molecule is c1cc(-c2cnc([C@@H]3CCCN3)[nH]2)ccc1-c1ccc2c(ccc3[nH]c([C@@H]4CCCN4)nc32)c1. The molecular weight excluding hydrogens is 420 g/mol. The largest absolute Gasteiger partial charge is 0.341 e. The highest BCUT2D eigenvalue weighted by Crippen LogP contribution is 2.32. The molecule has 7 rings (SSSR count). The number of imidazole rings is 2. The van der Waals surface area contributed by atoms with Crippen LogP contribution in [0.4, 0.5) is 0 Å². The number of hydrogen-bond donors (Lipinski definition) is 4. The molecule has 0 amide bonds. The summed E-state index contributed by atoms with van der Waals surface area (Å²) >= 11 is 0. The van der Waals surface area contributed by atoms with Crippen LogP contribution in [0.3, 0.4) is 0 Å². The molecule has 3 aromatic carbocycles. The molecule has 0 bridgehead atoms. The van der Waals surface area contributed by atoms with Crippen molar-refractivity contribution in [2.24, 2.45) is 0 Å². The third-order valence-electron chi connectivity index (χ3n) is 7.39. The maximum Gasteiger partial charge on any atom is 0.124 e. The van der Waals surface area contributed by atoms with Crippen molar-refractivity contribution in [2.45, 2.75) is 37.8 Å². The number of fused-ring (bicyclic) bond motifs is 3. The molecule has 6 nitrogen and oxygen atoms in total. The Labute approximate surface area is 198 Å². The number of benzene rings is 3. The highest BCUT2D eigenvalue weighted by molar-refractivity contribution is 6.05. The molecule has 34 heavy (non-hydrogen) atoms. The minimum Gasteiger partial charge on any atom is -0.341 e. The first-order chi connectivity index (χ1) is 16.8. The molecule has 170 valence electrons. The number of aromatic nitrogens is 4. The van der Waals surface area contributed by atoms with Crippen LogP contribution in [0.15, 0.2) is 60.8 Å². The average molecular weight is 449 g/mol. The van der Waals surface area contributed by atoms with Gasteiger partial charge in [0.05, 0.1) is 35.0 Å². The Morgan fingerprint density at radius 2 is 1.44 bits per heavy atom. The van der Waals surface area contributed by atoms with Crippen molar-refractivity contribution in [3.63, 3.8) is 0 Å². The van der Waals surface area contributed by atoms with Crippen LogP contribution in [0.2, 0.25) is 0 Å². The van der Waals surface area contributed by atoms with Crippen molar-refractivity contribution < 1.29 is 0 Å². The summed E-state index contributed by atoms with van der Waals surface area (Å²) in [4.78, 5) is 16.6. The van der Waals surface area contributed by atoms with Gasteiger partial charge in [-0.3, -0.25) is 0 Å². The second-order valence-electron chi connectivity index (χ2n) is 9.58. The predicted octanol–water partition coefficient (Wildman–Crippen LogP) is 5.62. The van der Waals surface area contributed by atoms with E-state index in [1.165, 1.54) is 34.7 Å². The van der Waals surface area contributed by atoms with Gasteiger partial charge in [0.1, 0.15) is 11.6 Å². The molecule has 2 fully saturated rings. The number of aromatic amines is 2. The first kappa shape index (κ1) is 19.9. The Kier molecular flexibility index (Phi) is 4.74. The van der Waals surface area contributed by atoms with E-state index in [1.807, 2.05) is 6.20 Å². The van der Waals surface area contributed by atoms with Gasteiger partial charge < -0.3 is 20.6 Å². The third-order valence-corrected chi connectivity index (χ3v) is 7.39. The first-order valence-electron chi connectivity index (χ1n) is 12.4. The highest BCUT2D eigenvalue weighted by Gasteiger charge is 2.21. The van der Waals surface area contributed by atoms with E-state index in [-0.39, 0.29) is 0 Å². The van der Waals surface area contributed by atoms with E-state index in [0.717, 1.165) is 59.9 Å². The van der Waals surface area contributed by atoms with Crippen molar-refractivity contribution in [2.75, 3.05) is 13.1 Å². The molecule has 2 aliphatic heterocycles. The van der Waals surface area contributed by atoms with Gasteiger partial charge in [-0.1, -0.05) is 42.5 Å². The molecule has 2 atom stereocenters. The van der Waals surface area contributed by atoms with Gasteiger partial charge in [-0.2, -0.15) is 0 Å². The van der Waals surface area contributed by atoms with Crippen LogP contribution in [-0.4, -0.2) is 33.0 Å². The van der Waals surface area contributed by atoms with Crippen LogP contribution >= 0.6 is 0 Å². The summed E-state index contributed by atoms with van der Waals surface area (Å²) in [6.07, 6.45) is 6.67. The number of H-pyrrole nitrogens is 2. The molecule has 4 N–H and O–H groups in total. The fourth-order valence-corrected chi connectivity index (χ4v) is 5.50. The van der Waals surface area contributed by atoms with E-state index in [0.29, 0.717) is 12.1 Å². The van der Waals surface area contributed by atoms with E-state index in [9.17, 15) is 0 Å². The number of nitrogens with one attached hydrogen (secondary N) is 4. The fraction of sp³-hybridized carbons (Fsp3) is 0.286. The highest BCUT2D eigenvalue weighted by atomic mass is 15.0. The lowest BCUT2D eigenvalue weighted by Gasteiger charge is -2.07. The second kappa shape index (κ2) is 8.08. The van der Waals surface area contributed by atoms with Crippen LogP contribution in [0, 0.1) is 0 Å². The summed E-state index contributed by atoms with van der Waals surface area (Å²) in [5, 5.41) is 9.46. The quantitative estimate of drug-likeness (QED) is 0.288. The monoisotopic (exact) mass is 448 g/mol. The van der Waals surface area contributed by atoms with E-state index in [4.69, 9.17) is 4.98 Å². The molecule has 5 aromatic rings. The zero-order chi connectivity index (χ0) is 22.5. The van der Waals surface area contributed by atoms with E-state index >= 15 is 0 Å². The topological polar surface area (TPSA) is 81.4 Å². The zero-order valence-electron chi connectivity index (χ0n) is 19.1. The lowest BCUT2D eigenvalue weighted by Crippen LogP contribution is -2.14. The number of rotatable bonds is 4. The van der Waals surface area contributed by atoms with Crippen LogP contribution in [0.25, 0.3) is 44.2 Å². The molecule has 0 aliphatic carbocycles. The number of hydrogen-bond acceptors (Lipinski definition) is 4. The van der Waals surface area contributed by atoms with Gasteiger partial charge in [-0.15, -0.1) is 0 Å². The van der Waals surface area contributed by atoms with Crippen molar-refractivity contribution in [1.29, 1.82) is 0 Å². The second-order valence-corrected chi connectivity index (χ2v) is 9.58. The Morgan fingerprint density at radius 1 is 0.706 bits per heavy atom. The molecule has 2 aliphatic rings. The Morgan fingerprint density at radius 3 is 2.21 bits per heavy atom. The number of nitrogens with zero attached hydrogens (tertiary/aromatic N) is 2. The summed E-state index contributed by atoms with van der Waals surface area (Å²) in [6, 6.07) is 20.5. The maximum absolute atomic E-state index is 4.97. The lowest BCUT2D eigenvalue weighted by molar-refractivity contribution is 0.613. The maximum atomic E-state index is 4.97. The van der Waals surface area contributed by atoms with Crippen molar-refractivity contribution in [3.05, 3.63) is 72.4 Å². The smallest absolute Gasteiger partial charge is 0.124 e. The van der Waals surface area contributed by atoms with E-state index in [1.54, 1.807) is 0 Å². The van der Waals surface area contributed by atoms with Crippen LogP contribution in [0.1, 0.15) is 49.4 Å². The van der Waals surface area contributed by atoms with Gasteiger partial charge in [-0.25, -0.2) is 9.97 Å². The Bertz CT molecular complexity index is 1470. The summed E-state index contributed by atoms with van der Waals surface area (Å²) in [7, 11) is 0. The van der Waals surface area contributed by atoms with Crippen LogP contribution in [-0.2, 0) is 0 Å². The van der Waals surface area contributed by atoms with E-state index < -0.39 is 0 Å². The van der Waals surface area contributed by atoms with Crippen LogP contribution < -0.4 is 10.6 Å². The summed E-state index contributed by atoms with van der Waals surface area (Å²) in [5.74, 6) is 2.10. The predicted molar refractivity (Wildman–Crippen MR) is 137 cm³/mol. The van der Waals surface area contributed by atoms with Gasteiger partial charge in [0.25, 0.3) is 0 Å². The minimum atomic E-state index is 0.348. The average Bonchev–Trinajstić information content (AvgIpc) is 3.70. The third kappa shape index (κ3) is 3.42. The molecule has 0 saturated carbocycles. The normalized spacial score (nSPS) is 20.6. The molecule has 2 saturated heterocycles. The Balaban J connectivity index is 1.18. The lowest BCUT2D eigenvalue weighted by atomic mass is 9.99. The zero-order valence-corrected chi connectivity index (χ0v) is 19.1. The molecule has 6 heteroatoms. The van der Waals surface area contributed by atoms with Crippen molar-refractivity contribution in [1.82, 2.24) is 30.6 Å². The summed E-state index contributed by atoms with van der Waals surface area (Å²) < 4.78 is 0. The van der Waals surface area contributed by atoms with Gasteiger partial charge in [-0.05, 0) is 73.0 Å².